The Morgan fingerprint density at radius 2 is 2.17 bits per heavy atom. The highest BCUT2D eigenvalue weighted by Crippen LogP contribution is 2.28. The highest BCUT2D eigenvalue weighted by molar-refractivity contribution is 9.10. The van der Waals surface area contributed by atoms with Crippen molar-refractivity contribution < 1.29 is 5.11 Å². The van der Waals surface area contributed by atoms with E-state index in [2.05, 4.69) is 15.9 Å². The summed E-state index contributed by atoms with van der Waals surface area (Å²) in [6.45, 7) is 1.76. The average Bonchev–Trinajstić information content (AvgIpc) is 2.04. The van der Waals surface area contributed by atoms with E-state index in [1.54, 1.807) is 18.7 Å². The van der Waals surface area contributed by atoms with Crippen molar-refractivity contribution in [1.29, 1.82) is 0 Å². The van der Waals surface area contributed by atoms with E-state index in [-0.39, 0.29) is 0 Å². The summed E-state index contributed by atoms with van der Waals surface area (Å²) in [6, 6.07) is 5.91. The highest BCUT2D eigenvalue weighted by Gasteiger charge is 2.03. The lowest BCUT2D eigenvalue weighted by Crippen LogP contribution is -1.90. The molecule has 1 atom stereocenters. The Labute approximate surface area is 85.3 Å². The van der Waals surface area contributed by atoms with Crippen molar-refractivity contribution in [2.45, 2.75) is 17.9 Å². The largest absolute Gasteiger partial charge is 0.389 e. The molecule has 0 amide bonds. The van der Waals surface area contributed by atoms with Gasteiger partial charge in [0.2, 0.25) is 0 Å². The van der Waals surface area contributed by atoms with Crippen LogP contribution in [0.15, 0.2) is 27.6 Å². The third-order valence-electron chi connectivity index (χ3n) is 1.66. The van der Waals surface area contributed by atoms with Gasteiger partial charge in [0, 0.05) is 9.37 Å². The molecule has 0 aliphatic rings. The quantitative estimate of drug-likeness (QED) is 0.809. The summed E-state index contributed by atoms with van der Waals surface area (Å²) in [7, 11) is 0. The predicted octanol–water partition coefficient (Wildman–Crippen LogP) is 3.22. The molecule has 0 aliphatic carbocycles. The van der Waals surface area contributed by atoms with Gasteiger partial charge < -0.3 is 5.11 Å². The van der Waals surface area contributed by atoms with Gasteiger partial charge in [-0.1, -0.05) is 6.07 Å². The number of hydrogen-bond donors (Lipinski definition) is 1. The van der Waals surface area contributed by atoms with Crippen molar-refractivity contribution in [2.75, 3.05) is 6.26 Å². The van der Waals surface area contributed by atoms with E-state index in [9.17, 15) is 5.11 Å². The number of aliphatic hydroxyl groups is 1. The maximum atomic E-state index is 9.28. The predicted molar refractivity (Wildman–Crippen MR) is 56.6 cm³/mol. The second kappa shape index (κ2) is 4.30. The van der Waals surface area contributed by atoms with Gasteiger partial charge in [-0.05, 0) is 46.8 Å². The number of benzene rings is 1. The van der Waals surface area contributed by atoms with E-state index in [4.69, 9.17) is 0 Å². The van der Waals surface area contributed by atoms with Gasteiger partial charge in [0.15, 0.2) is 0 Å². The van der Waals surface area contributed by atoms with E-state index in [0.717, 1.165) is 10.0 Å². The highest BCUT2D eigenvalue weighted by atomic mass is 79.9. The molecule has 0 aromatic heterocycles. The Kier molecular flexibility index (Phi) is 3.62. The van der Waals surface area contributed by atoms with E-state index in [0.29, 0.717) is 0 Å². The zero-order valence-corrected chi connectivity index (χ0v) is 9.45. The molecule has 0 unspecified atom stereocenters. The molecule has 1 N–H and O–H groups in total. The van der Waals surface area contributed by atoms with Crippen LogP contribution in [0.5, 0.6) is 0 Å². The minimum atomic E-state index is -0.391. The lowest BCUT2D eigenvalue weighted by molar-refractivity contribution is 0.199. The van der Waals surface area contributed by atoms with Crippen molar-refractivity contribution in [3.8, 4) is 0 Å². The minimum Gasteiger partial charge on any atom is -0.389 e. The van der Waals surface area contributed by atoms with Crippen LogP contribution in [0.4, 0.5) is 0 Å². The Morgan fingerprint density at radius 3 is 2.58 bits per heavy atom. The van der Waals surface area contributed by atoms with Gasteiger partial charge >= 0.3 is 0 Å². The van der Waals surface area contributed by atoms with E-state index < -0.39 is 6.10 Å². The summed E-state index contributed by atoms with van der Waals surface area (Å²) in [4.78, 5) is 1.19. The minimum absolute atomic E-state index is 0.391. The van der Waals surface area contributed by atoms with Crippen LogP contribution in [0, 0.1) is 0 Å². The molecular weight excluding hydrogens is 236 g/mol. The SMILES string of the molecule is CSc1ccc([C@@H](C)O)cc1Br. The fourth-order valence-electron chi connectivity index (χ4n) is 0.942. The molecule has 0 aliphatic heterocycles. The summed E-state index contributed by atoms with van der Waals surface area (Å²) in [5.74, 6) is 0. The first kappa shape index (κ1) is 10.1. The van der Waals surface area contributed by atoms with Crippen molar-refractivity contribution in [3.63, 3.8) is 0 Å². The van der Waals surface area contributed by atoms with Crippen LogP contribution >= 0.6 is 27.7 Å². The van der Waals surface area contributed by atoms with Crippen LogP contribution in [-0.4, -0.2) is 11.4 Å². The Hall–Kier alpha value is 0.01000. The third kappa shape index (κ3) is 2.25. The van der Waals surface area contributed by atoms with E-state index in [1.807, 2.05) is 24.5 Å². The van der Waals surface area contributed by atoms with Crippen LogP contribution in [0.1, 0.15) is 18.6 Å². The zero-order chi connectivity index (χ0) is 9.14. The number of rotatable bonds is 2. The summed E-state index contributed by atoms with van der Waals surface area (Å²) in [5.41, 5.74) is 0.944. The molecule has 3 heteroatoms. The summed E-state index contributed by atoms with van der Waals surface area (Å²) < 4.78 is 1.05. The summed E-state index contributed by atoms with van der Waals surface area (Å²) in [5, 5.41) is 9.28. The van der Waals surface area contributed by atoms with Gasteiger partial charge in [-0.15, -0.1) is 11.8 Å². The molecule has 0 fully saturated rings. The van der Waals surface area contributed by atoms with Gasteiger partial charge in [0.25, 0.3) is 0 Å². The van der Waals surface area contributed by atoms with Crippen molar-refractivity contribution in [3.05, 3.63) is 28.2 Å². The first-order chi connectivity index (χ1) is 5.65. The van der Waals surface area contributed by atoms with Crippen molar-refractivity contribution in [2.24, 2.45) is 0 Å². The molecule has 0 spiro atoms. The fraction of sp³-hybridized carbons (Fsp3) is 0.333. The van der Waals surface area contributed by atoms with Crippen LogP contribution in [0.2, 0.25) is 0 Å². The Bertz CT molecular complexity index is 273. The number of halogens is 1. The molecule has 1 aromatic carbocycles. The van der Waals surface area contributed by atoms with Gasteiger partial charge in [0.1, 0.15) is 0 Å². The zero-order valence-electron chi connectivity index (χ0n) is 7.04. The van der Waals surface area contributed by atoms with Crippen LogP contribution in [0.3, 0.4) is 0 Å². The van der Waals surface area contributed by atoms with Crippen LogP contribution in [0.25, 0.3) is 0 Å². The molecule has 66 valence electrons. The smallest absolute Gasteiger partial charge is 0.0762 e. The van der Waals surface area contributed by atoms with E-state index >= 15 is 0 Å². The molecule has 1 rings (SSSR count). The summed E-state index contributed by atoms with van der Waals surface area (Å²) in [6.07, 6.45) is 1.64. The lowest BCUT2D eigenvalue weighted by atomic mass is 10.1. The standard InChI is InChI=1S/C9H11BrOS/c1-6(11)7-3-4-9(12-2)8(10)5-7/h3-6,11H,1-2H3/t6-/m1/s1. The average molecular weight is 247 g/mol. The molecule has 12 heavy (non-hydrogen) atoms. The first-order valence-electron chi connectivity index (χ1n) is 3.66. The number of thioether (sulfide) groups is 1. The van der Waals surface area contributed by atoms with Gasteiger partial charge in [0.05, 0.1) is 6.10 Å². The lowest BCUT2D eigenvalue weighted by Gasteiger charge is -2.07. The molecule has 0 saturated heterocycles. The Balaban J connectivity index is 3.02. The normalized spacial score (nSPS) is 13.0. The molecule has 0 saturated carbocycles. The molecule has 1 nitrogen and oxygen atoms in total. The van der Waals surface area contributed by atoms with Crippen LogP contribution in [-0.2, 0) is 0 Å². The fourth-order valence-corrected chi connectivity index (χ4v) is 2.28. The van der Waals surface area contributed by atoms with Gasteiger partial charge in [-0.3, -0.25) is 0 Å². The molecule has 0 bridgehead atoms. The molecule has 0 heterocycles. The number of aliphatic hydroxyl groups excluding tert-OH is 1. The monoisotopic (exact) mass is 246 g/mol. The third-order valence-corrected chi connectivity index (χ3v) is 3.37. The molecule has 0 radical (unpaired) electrons. The van der Waals surface area contributed by atoms with Crippen molar-refractivity contribution in [1.82, 2.24) is 0 Å². The van der Waals surface area contributed by atoms with Gasteiger partial charge in [-0.25, -0.2) is 0 Å². The second-order valence-corrected chi connectivity index (χ2v) is 4.27. The summed E-state index contributed by atoms with van der Waals surface area (Å²) >= 11 is 5.13. The second-order valence-electron chi connectivity index (χ2n) is 2.57. The Morgan fingerprint density at radius 1 is 1.50 bits per heavy atom. The molecular formula is C9H11BrOS. The maximum Gasteiger partial charge on any atom is 0.0762 e. The maximum absolute atomic E-state index is 9.28. The van der Waals surface area contributed by atoms with E-state index in [1.165, 1.54) is 4.90 Å². The van der Waals surface area contributed by atoms with Gasteiger partial charge in [-0.2, -0.15) is 0 Å². The first-order valence-corrected chi connectivity index (χ1v) is 5.68. The topological polar surface area (TPSA) is 20.2 Å². The van der Waals surface area contributed by atoms with Crippen LogP contribution < -0.4 is 0 Å². The van der Waals surface area contributed by atoms with Crippen molar-refractivity contribution >= 4 is 27.7 Å². The number of hydrogen-bond acceptors (Lipinski definition) is 2. The molecule has 1 aromatic rings.